The molecule has 4 rings (SSSR count). The average molecular weight is 354 g/mol. The lowest BCUT2D eigenvalue weighted by Crippen LogP contribution is -2.50. The van der Waals surface area contributed by atoms with Crippen molar-refractivity contribution in [3.8, 4) is 11.8 Å². The van der Waals surface area contributed by atoms with Crippen molar-refractivity contribution in [1.29, 1.82) is 5.26 Å². The van der Waals surface area contributed by atoms with Crippen LogP contribution in [0.4, 0.5) is 10.5 Å². The summed E-state index contributed by atoms with van der Waals surface area (Å²) in [5.74, 6) is 0.771. The summed E-state index contributed by atoms with van der Waals surface area (Å²) < 4.78 is 5.76. The minimum Gasteiger partial charge on any atom is -0.494 e. The Morgan fingerprint density at radius 1 is 1.35 bits per heavy atom. The van der Waals surface area contributed by atoms with Crippen LogP contribution in [0.1, 0.15) is 48.4 Å². The molecular formula is C20H26N4O2. The highest BCUT2D eigenvalue weighted by molar-refractivity contribution is 5.95. The molecular weight excluding hydrogens is 328 g/mol. The molecule has 6 heteroatoms. The average Bonchev–Trinajstić information content (AvgIpc) is 3.41. The SMILES string of the molecule is COc1c(N2CCCN(C3CC3)C2=O)cc2c(c1C)C(CC#N)N(C)C2. The van der Waals surface area contributed by atoms with Gasteiger partial charge in [0.25, 0.3) is 0 Å². The van der Waals surface area contributed by atoms with E-state index in [4.69, 9.17) is 4.74 Å². The highest BCUT2D eigenvalue weighted by atomic mass is 16.5. The lowest BCUT2D eigenvalue weighted by atomic mass is 9.95. The van der Waals surface area contributed by atoms with E-state index in [1.54, 1.807) is 7.11 Å². The molecule has 1 atom stereocenters. The van der Waals surface area contributed by atoms with Gasteiger partial charge in [0.1, 0.15) is 5.75 Å². The Hall–Kier alpha value is -2.26. The first kappa shape index (κ1) is 17.2. The maximum Gasteiger partial charge on any atom is 0.324 e. The molecule has 0 bridgehead atoms. The van der Waals surface area contributed by atoms with E-state index < -0.39 is 0 Å². The topological polar surface area (TPSA) is 59.8 Å². The Morgan fingerprint density at radius 2 is 2.12 bits per heavy atom. The minimum atomic E-state index is 0.0953. The first-order chi connectivity index (χ1) is 12.6. The first-order valence-electron chi connectivity index (χ1n) is 9.42. The monoisotopic (exact) mass is 354 g/mol. The lowest BCUT2D eigenvalue weighted by Gasteiger charge is -2.37. The number of rotatable bonds is 4. The number of hydrogen-bond donors (Lipinski definition) is 0. The van der Waals surface area contributed by atoms with E-state index >= 15 is 0 Å². The zero-order valence-corrected chi connectivity index (χ0v) is 15.8. The molecule has 1 aliphatic carbocycles. The molecule has 2 aliphatic heterocycles. The lowest BCUT2D eigenvalue weighted by molar-refractivity contribution is 0.192. The van der Waals surface area contributed by atoms with Crippen LogP contribution in [0.15, 0.2) is 6.07 Å². The molecule has 2 heterocycles. The van der Waals surface area contributed by atoms with E-state index in [0.29, 0.717) is 12.5 Å². The van der Waals surface area contributed by atoms with Gasteiger partial charge in [-0.25, -0.2) is 4.79 Å². The number of fused-ring (bicyclic) bond motifs is 1. The van der Waals surface area contributed by atoms with Crippen molar-refractivity contribution in [2.75, 3.05) is 32.1 Å². The van der Waals surface area contributed by atoms with Crippen molar-refractivity contribution in [2.24, 2.45) is 0 Å². The number of nitriles is 1. The fourth-order valence-electron chi connectivity index (χ4n) is 4.55. The van der Waals surface area contributed by atoms with Crippen molar-refractivity contribution in [3.05, 3.63) is 22.8 Å². The van der Waals surface area contributed by atoms with Gasteiger partial charge in [-0.15, -0.1) is 0 Å². The summed E-state index contributed by atoms with van der Waals surface area (Å²) in [5.41, 5.74) is 4.33. The molecule has 0 radical (unpaired) electrons. The number of benzene rings is 1. The molecule has 6 nitrogen and oxygen atoms in total. The van der Waals surface area contributed by atoms with Crippen molar-refractivity contribution < 1.29 is 9.53 Å². The number of ether oxygens (including phenoxy) is 1. The van der Waals surface area contributed by atoms with Crippen LogP contribution in [-0.4, -0.2) is 49.1 Å². The predicted octanol–water partition coefficient (Wildman–Crippen LogP) is 3.20. The van der Waals surface area contributed by atoms with Gasteiger partial charge in [-0.1, -0.05) is 0 Å². The fourth-order valence-corrected chi connectivity index (χ4v) is 4.55. The van der Waals surface area contributed by atoms with E-state index in [1.165, 1.54) is 11.1 Å². The van der Waals surface area contributed by atoms with E-state index in [0.717, 1.165) is 55.9 Å². The van der Waals surface area contributed by atoms with Crippen molar-refractivity contribution in [1.82, 2.24) is 9.80 Å². The Bertz CT molecular complexity index is 781. The van der Waals surface area contributed by atoms with Crippen molar-refractivity contribution in [3.63, 3.8) is 0 Å². The summed E-state index contributed by atoms with van der Waals surface area (Å²) in [6.07, 6.45) is 3.70. The third kappa shape index (κ3) is 2.62. The highest BCUT2D eigenvalue weighted by Gasteiger charge is 2.39. The number of hydrogen-bond acceptors (Lipinski definition) is 4. The van der Waals surface area contributed by atoms with Crippen LogP contribution < -0.4 is 9.64 Å². The molecule has 1 saturated heterocycles. The maximum absolute atomic E-state index is 13.1. The van der Waals surface area contributed by atoms with E-state index in [9.17, 15) is 10.1 Å². The van der Waals surface area contributed by atoms with Crippen LogP contribution in [-0.2, 0) is 6.54 Å². The normalized spacial score (nSPS) is 23.2. The number of anilines is 1. The maximum atomic E-state index is 13.1. The van der Waals surface area contributed by atoms with Crippen molar-refractivity contribution >= 4 is 11.7 Å². The van der Waals surface area contributed by atoms with Gasteiger partial charge < -0.3 is 9.64 Å². The van der Waals surface area contributed by atoms with E-state index in [2.05, 4.69) is 31.0 Å². The van der Waals surface area contributed by atoms with Crippen LogP contribution >= 0.6 is 0 Å². The molecule has 0 aromatic heterocycles. The summed E-state index contributed by atoms with van der Waals surface area (Å²) >= 11 is 0. The number of carbonyl (C=O) groups is 1. The number of nitrogens with zero attached hydrogens (tertiary/aromatic N) is 4. The molecule has 3 aliphatic rings. The largest absolute Gasteiger partial charge is 0.494 e. The zero-order valence-electron chi connectivity index (χ0n) is 15.8. The number of urea groups is 1. The minimum absolute atomic E-state index is 0.0953. The van der Waals surface area contributed by atoms with Crippen LogP contribution in [0, 0.1) is 18.3 Å². The Kier molecular flexibility index (Phi) is 4.28. The molecule has 2 fully saturated rings. The van der Waals surface area contributed by atoms with Crippen LogP contribution in [0.5, 0.6) is 5.75 Å². The second kappa shape index (κ2) is 6.48. The summed E-state index contributed by atoms with van der Waals surface area (Å²) in [6.45, 7) is 4.44. The van der Waals surface area contributed by atoms with Gasteiger partial charge in [0.2, 0.25) is 0 Å². The molecule has 1 aromatic carbocycles. The van der Waals surface area contributed by atoms with Crippen LogP contribution in [0.2, 0.25) is 0 Å². The van der Waals surface area contributed by atoms with Gasteiger partial charge in [0, 0.05) is 31.7 Å². The quantitative estimate of drug-likeness (QED) is 0.833. The molecule has 1 aromatic rings. The van der Waals surface area contributed by atoms with Gasteiger partial charge >= 0.3 is 6.03 Å². The number of amides is 2. The van der Waals surface area contributed by atoms with Gasteiger partial charge in [-0.2, -0.15) is 5.26 Å². The summed E-state index contributed by atoms with van der Waals surface area (Å²) in [7, 11) is 3.72. The second-order valence-corrected chi connectivity index (χ2v) is 7.63. The summed E-state index contributed by atoms with van der Waals surface area (Å²) in [5, 5.41) is 9.20. The molecule has 0 N–H and O–H groups in total. The second-order valence-electron chi connectivity index (χ2n) is 7.63. The van der Waals surface area contributed by atoms with Gasteiger partial charge in [-0.3, -0.25) is 9.80 Å². The molecule has 138 valence electrons. The Labute approximate surface area is 154 Å². The standard InChI is InChI=1S/C20H26N4O2/c1-13-18-14(12-22(2)16(18)7-8-21)11-17(19(13)26-3)24-10-4-9-23(20(24)25)15-5-6-15/h11,15-16H,4-7,9-10,12H2,1-3H3. The van der Waals surface area contributed by atoms with E-state index in [-0.39, 0.29) is 12.1 Å². The smallest absolute Gasteiger partial charge is 0.324 e. The fraction of sp³-hybridized carbons (Fsp3) is 0.600. The summed E-state index contributed by atoms with van der Waals surface area (Å²) in [6, 6.07) is 5.05. The van der Waals surface area contributed by atoms with E-state index in [1.807, 2.05) is 9.80 Å². The predicted molar refractivity (Wildman–Crippen MR) is 99.3 cm³/mol. The summed E-state index contributed by atoms with van der Waals surface area (Å²) in [4.78, 5) is 19.2. The van der Waals surface area contributed by atoms with Crippen LogP contribution in [0.3, 0.4) is 0 Å². The van der Waals surface area contributed by atoms with Gasteiger partial charge in [0.05, 0.1) is 25.3 Å². The Morgan fingerprint density at radius 3 is 2.77 bits per heavy atom. The van der Waals surface area contributed by atoms with Gasteiger partial charge in [0.15, 0.2) is 0 Å². The third-order valence-electron chi connectivity index (χ3n) is 5.94. The number of carbonyl (C=O) groups excluding carboxylic acids is 1. The number of methoxy groups -OCH3 is 1. The van der Waals surface area contributed by atoms with Gasteiger partial charge in [-0.05, 0) is 56.0 Å². The molecule has 0 spiro atoms. The molecule has 2 amide bonds. The van der Waals surface area contributed by atoms with Crippen molar-refractivity contribution in [2.45, 2.75) is 51.2 Å². The van der Waals surface area contributed by atoms with Crippen LogP contribution in [0.25, 0.3) is 0 Å². The Balaban J connectivity index is 1.76. The molecule has 1 unspecified atom stereocenters. The molecule has 1 saturated carbocycles. The molecule has 26 heavy (non-hydrogen) atoms. The third-order valence-corrected chi connectivity index (χ3v) is 5.94. The zero-order chi connectivity index (χ0) is 18.4. The first-order valence-corrected chi connectivity index (χ1v) is 9.42. The highest BCUT2D eigenvalue weighted by Crippen LogP contribution is 2.45.